The molecule has 0 spiro atoms. The summed E-state index contributed by atoms with van der Waals surface area (Å²) in [6, 6.07) is 8.29. The molecule has 1 heterocycles. The third kappa shape index (κ3) is 2.91. The Bertz CT molecular complexity index is 482. The Morgan fingerprint density at radius 1 is 1.35 bits per heavy atom. The zero-order valence-corrected chi connectivity index (χ0v) is 10.2. The lowest BCUT2D eigenvalue weighted by Crippen LogP contribution is -2.22. The summed E-state index contributed by atoms with van der Waals surface area (Å²) in [4.78, 5) is 0. The molecule has 1 atom stereocenters. The molecule has 0 fully saturated rings. The minimum absolute atomic E-state index is 0.218. The Morgan fingerprint density at radius 2 is 2.18 bits per heavy atom. The first kappa shape index (κ1) is 11.8. The van der Waals surface area contributed by atoms with E-state index < -0.39 is 0 Å². The number of anilines is 1. The van der Waals surface area contributed by atoms with Crippen LogP contribution in [0.5, 0.6) is 0 Å². The monoisotopic (exact) mass is 231 g/mol. The van der Waals surface area contributed by atoms with E-state index in [1.54, 1.807) is 6.20 Å². The summed E-state index contributed by atoms with van der Waals surface area (Å²) in [5, 5.41) is 13.6. The average Bonchev–Trinajstić information content (AvgIpc) is 2.37. The number of hydrogen-bond acceptors (Lipinski definition) is 4. The normalized spacial score (nSPS) is 12.6. The average molecular weight is 231 g/mol. The molecule has 1 N–H and O–H groups in total. The quantitative estimate of drug-likeness (QED) is 0.858. The van der Waals surface area contributed by atoms with Crippen LogP contribution in [-0.4, -0.2) is 29.5 Å². The highest BCUT2D eigenvalue weighted by molar-refractivity contribution is 5.90. The first-order valence-electron chi connectivity index (χ1n) is 5.86. The summed E-state index contributed by atoms with van der Waals surface area (Å²) in [5.41, 5.74) is 0. The number of nitrogens with zero attached hydrogens (tertiary/aromatic N) is 2. The van der Waals surface area contributed by atoms with Crippen molar-refractivity contribution in [3.05, 3.63) is 30.5 Å². The molecule has 0 aliphatic carbocycles. The van der Waals surface area contributed by atoms with Crippen LogP contribution in [-0.2, 0) is 4.74 Å². The largest absolute Gasteiger partial charge is 0.380 e. The summed E-state index contributed by atoms with van der Waals surface area (Å²) in [6.45, 7) is 5.46. The first-order chi connectivity index (χ1) is 8.31. The van der Waals surface area contributed by atoms with Gasteiger partial charge in [0.2, 0.25) is 0 Å². The number of hydrogen-bond donors (Lipinski definition) is 1. The van der Waals surface area contributed by atoms with Gasteiger partial charge in [-0.05, 0) is 13.8 Å². The van der Waals surface area contributed by atoms with Crippen LogP contribution in [0.3, 0.4) is 0 Å². The van der Waals surface area contributed by atoms with Crippen molar-refractivity contribution in [1.82, 2.24) is 10.2 Å². The zero-order chi connectivity index (χ0) is 12.1. The summed E-state index contributed by atoms with van der Waals surface area (Å²) >= 11 is 0. The van der Waals surface area contributed by atoms with Crippen molar-refractivity contribution in [2.45, 2.75) is 19.9 Å². The molecule has 1 unspecified atom stereocenters. The Labute approximate surface area is 101 Å². The minimum atomic E-state index is 0.218. The molecule has 90 valence electrons. The maximum atomic E-state index is 5.37. The molecule has 1 aromatic heterocycles. The van der Waals surface area contributed by atoms with E-state index in [0.29, 0.717) is 6.61 Å². The Kier molecular flexibility index (Phi) is 3.88. The van der Waals surface area contributed by atoms with Gasteiger partial charge in [-0.2, -0.15) is 5.10 Å². The van der Waals surface area contributed by atoms with Crippen molar-refractivity contribution >= 4 is 16.6 Å². The second-order valence-electron chi connectivity index (χ2n) is 3.99. The van der Waals surface area contributed by atoms with Crippen molar-refractivity contribution in [1.29, 1.82) is 0 Å². The molecule has 2 rings (SSSR count). The molecule has 0 aliphatic rings. The number of nitrogens with one attached hydrogen (secondary N) is 1. The van der Waals surface area contributed by atoms with Crippen molar-refractivity contribution in [2.24, 2.45) is 0 Å². The molecule has 0 aliphatic heterocycles. The first-order valence-corrected chi connectivity index (χ1v) is 5.86. The van der Waals surface area contributed by atoms with E-state index >= 15 is 0 Å². The predicted octanol–water partition coefficient (Wildman–Crippen LogP) is 2.47. The van der Waals surface area contributed by atoms with Gasteiger partial charge in [0.05, 0.1) is 12.8 Å². The lowest BCUT2D eigenvalue weighted by molar-refractivity contribution is 0.141. The predicted molar refractivity (Wildman–Crippen MR) is 69.1 cm³/mol. The van der Waals surface area contributed by atoms with Crippen LogP contribution in [0, 0.1) is 0 Å². The maximum absolute atomic E-state index is 5.37. The molecule has 0 bridgehead atoms. The molecule has 1 aromatic carbocycles. The third-order valence-electron chi connectivity index (χ3n) is 2.53. The fourth-order valence-electron chi connectivity index (χ4n) is 1.70. The summed E-state index contributed by atoms with van der Waals surface area (Å²) < 4.78 is 5.37. The molecule has 0 amide bonds. The number of ether oxygens (including phenoxy) is 1. The SMILES string of the molecule is CCOCC(C)Nc1nncc2ccccc12. The van der Waals surface area contributed by atoms with Gasteiger partial charge in [-0.1, -0.05) is 24.3 Å². The fourth-order valence-corrected chi connectivity index (χ4v) is 1.70. The lowest BCUT2D eigenvalue weighted by atomic mass is 10.2. The Morgan fingerprint density at radius 3 is 3.00 bits per heavy atom. The van der Waals surface area contributed by atoms with Crippen LogP contribution in [0.25, 0.3) is 10.8 Å². The molecule has 0 saturated heterocycles. The van der Waals surface area contributed by atoms with E-state index in [-0.39, 0.29) is 6.04 Å². The van der Waals surface area contributed by atoms with Crippen molar-refractivity contribution in [3.63, 3.8) is 0 Å². The smallest absolute Gasteiger partial charge is 0.156 e. The second-order valence-corrected chi connectivity index (χ2v) is 3.99. The number of rotatable bonds is 5. The van der Waals surface area contributed by atoms with Gasteiger partial charge in [-0.3, -0.25) is 0 Å². The number of fused-ring (bicyclic) bond motifs is 1. The third-order valence-corrected chi connectivity index (χ3v) is 2.53. The van der Waals surface area contributed by atoms with E-state index in [1.165, 1.54) is 0 Å². The molecule has 4 heteroatoms. The van der Waals surface area contributed by atoms with E-state index in [1.807, 2.05) is 31.2 Å². The maximum Gasteiger partial charge on any atom is 0.156 e. The van der Waals surface area contributed by atoms with Gasteiger partial charge in [-0.25, -0.2) is 0 Å². The van der Waals surface area contributed by atoms with E-state index in [2.05, 4.69) is 22.4 Å². The van der Waals surface area contributed by atoms with Gasteiger partial charge in [0, 0.05) is 23.4 Å². The summed E-state index contributed by atoms with van der Waals surface area (Å²) in [5.74, 6) is 0.815. The number of aromatic nitrogens is 2. The molecular weight excluding hydrogens is 214 g/mol. The standard InChI is InChI=1S/C13H17N3O/c1-3-17-9-10(2)15-13-12-7-5-4-6-11(12)8-14-16-13/h4-8,10H,3,9H2,1-2H3,(H,15,16). The lowest BCUT2D eigenvalue weighted by Gasteiger charge is -2.14. The van der Waals surface area contributed by atoms with Crippen LogP contribution in [0.1, 0.15) is 13.8 Å². The zero-order valence-electron chi connectivity index (χ0n) is 10.2. The van der Waals surface area contributed by atoms with Crippen LogP contribution in [0.4, 0.5) is 5.82 Å². The van der Waals surface area contributed by atoms with Gasteiger partial charge in [-0.15, -0.1) is 5.10 Å². The van der Waals surface area contributed by atoms with Crippen molar-refractivity contribution in [2.75, 3.05) is 18.5 Å². The van der Waals surface area contributed by atoms with Crippen LogP contribution < -0.4 is 5.32 Å². The molecule has 0 radical (unpaired) electrons. The van der Waals surface area contributed by atoms with E-state index in [4.69, 9.17) is 4.74 Å². The highest BCUT2D eigenvalue weighted by atomic mass is 16.5. The number of benzene rings is 1. The molecule has 17 heavy (non-hydrogen) atoms. The second kappa shape index (κ2) is 5.59. The Hall–Kier alpha value is -1.68. The van der Waals surface area contributed by atoms with E-state index in [0.717, 1.165) is 23.2 Å². The van der Waals surface area contributed by atoms with Gasteiger partial charge in [0.25, 0.3) is 0 Å². The van der Waals surface area contributed by atoms with Crippen LogP contribution in [0.15, 0.2) is 30.5 Å². The van der Waals surface area contributed by atoms with Crippen molar-refractivity contribution in [3.8, 4) is 0 Å². The molecule has 0 saturated carbocycles. The molecule has 2 aromatic rings. The van der Waals surface area contributed by atoms with Gasteiger partial charge in [0.15, 0.2) is 5.82 Å². The molecular formula is C13H17N3O. The fraction of sp³-hybridized carbons (Fsp3) is 0.385. The van der Waals surface area contributed by atoms with E-state index in [9.17, 15) is 0 Å². The molecule has 4 nitrogen and oxygen atoms in total. The Balaban J connectivity index is 2.18. The topological polar surface area (TPSA) is 47.0 Å². The van der Waals surface area contributed by atoms with Crippen LogP contribution >= 0.6 is 0 Å². The van der Waals surface area contributed by atoms with Gasteiger partial charge in [0.1, 0.15) is 0 Å². The summed E-state index contributed by atoms with van der Waals surface area (Å²) in [7, 11) is 0. The van der Waals surface area contributed by atoms with Crippen LogP contribution in [0.2, 0.25) is 0 Å². The highest BCUT2D eigenvalue weighted by Gasteiger charge is 2.06. The van der Waals surface area contributed by atoms with Crippen molar-refractivity contribution < 1.29 is 4.74 Å². The summed E-state index contributed by atoms with van der Waals surface area (Å²) in [6.07, 6.45) is 1.77. The van der Waals surface area contributed by atoms with Gasteiger partial charge >= 0.3 is 0 Å². The minimum Gasteiger partial charge on any atom is -0.380 e. The highest BCUT2D eigenvalue weighted by Crippen LogP contribution is 2.19. The van der Waals surface area contributed by atoms with Gasteiger partial charge < -0.3 is 10.1 Å².